The van der Waals surface area contributed by atoms with Crippen LogP contribution >= 0.6 is 0 Å². The van der Waals surface area contributed by atoms with Gasteiger partial charge in [0.2, 0.25) is 0 Å². The van der Waals surface area contributed by atoms with Crippen molar-refractivity contribution in [3.63, 3.8) is 0 Å². The van der Waals surface area contributed by atoms with Crippen molar-refractivity contribution in [2.24, 2.45) is 10.8 Å². The fourth-order valence-electron chi connectivity index (χ4n) is 6.66. The molecule has 0 N–H and O–H groups in total. The molecular weight excluding hydrogens is 655 g/mol. The van der Waals surface area contributed by atoms with E-state index in [9.17, 15) is 0 Å². The Labute approximate surface area is 296 Å². The number of fused-ring (bicyclic) bond motifs is 5. The molecule has 0 nitrogen and oxygen atoms in total. The number of rotatable bonds is 0. The molecule has 0 fully saturated rings. The predicted octanol–water partition coefficient (Wildman–Crippen LogP) is 5.28. The second-order valence-electron chi connectivity index (χ2n) is 16.2. The van der Waals surface area contributed by atoms with Crippen LogP contribution < -0.4 is 24.8 Å². The summed E-state index contributed by atoms with van der Waals surface area (Å²) >= 11 is 1.55. The molecule has 3 aliphatic rings. The van der Waals surface area contributed by atoms with Gasteiger partial charge >= 0.3 is 41.3 Å². The molecule has 0 unspecified atom stereocenters. The third-order valence-corrected chi connectivity index (χ3v) is 8.65. The first kappa shape index (κ1) is 38.8. The molecule has 0 aromatic heterocycles. The van der Waals surface area contributed by atoms with E-state index in [1.54, 1.807) is 24.2 Å². The van der Waals surface area contributed by atoms with E-state index in [1.807, 2.05) is 0 Å². The number of halogens is 2. The Morgan fingerprint density at radius 1 is 0.750 bits per heavy atom. The van der Waals surface area contributed by atoms with Gasteiger partial charge in [0.05, 0.1) is 0 Å². The fourth-order valence-corrected chi connectivity index (χ4v) is 6.66. The summed E-state index contributed by atoms with van der Waals surface area (Å²) in [5.41, 5.74) is 17.6. The average molecular weight is 707 g/mol. The molecule has 0 saturated heterocycles. The maximum atomic E-state index is 3.85. The summed E-state index contributed by atoms with van der Waals surface area (Å²) in [6.45, 7) is 31.8. The topological polar surface area (TPSA) is 0 Å². The minimum absolute atomic E-state index is 0. The van der Waals surface area contributed by atoms with E-state index < -0.39 is 0 Å². The van der Waals surface area contributed by atoms with E-state index in [2.05, 4.69) is 152 Å². The smallest absolute Gasteiger partial charge is 0.0635 e. The third-order valence-electron chi connectivity index (χ3n) is 8.65. The van der Waals surface area contributed by atoms with Crippen LogP contribution in [0.15, 0.2) is 48.5 Å². The van der Waals surface area contributed by atoms with E-state index in [-0.39, 0.29) is 46.5 Å². The van der Waals surface area contributed by atoms with Crippen molar-refractivity contribution >= 4 is 14.4 Å². The number of benzene rings is 2. The van der Waals surface area contributed by atoms with E-state index >= 15 is 0 Å². The first-order chi connectivity index (χ1) is 19.1. The van der Waals surface area contributed by atoms with Gasteiger partial charge in [0.15, 0.2) is 0 Å². The van der Waals surface area contributed by atoms with Crippen molar-refractivity contribution in [3.8, 4) is 11.1 Å². The van der Waals surface area contributed by atoms with E-state index in [0.717, 1.165) is 6.42 Å². The largest absolute Gasteiger partial charge is 1.00 e. The molecule has 0 radical (unpaired) electrons. The van der Waals surface area contributed by atoms with Crippen molar-refractivity contribution < 1.29 is 49.0 Å². The Kier molecular flexibility index (Phi) is 11.8. The van der Waals surface area contributed by atoms with Crippen LogP contribution in [0.1, 0.15) is 128 Å². The summed E-state index contributed by atoms with van der Waals surface area (Å²) in [4.78, 5) is 0. The number of allylic oxidation sites excluding steroid dienone is 4. The van der Waals surface area contributed by atoms with Gasteiger partial charge in [-0.25, -0.2) is 17.2 Å². The summed E-state index contributed by atoms with van der Waals surface area (Å²) < 4.78 is 1.51. The molecular formula is C41H52Cl2Zr-2. The molecule has 0 spiro atoms. The maximum absolute atomic E-state index is 3.85. The van der Waals surface area contributed by atoms with Crippen LogP contribution in [0.2, 0.25) is 0 Å². The quantitative estimate of drug-likeness (QED) is 0.219. The SMILES string of the molecule is CC(C)(C)C1=[C-]C(C)(C)c2cc3c(cc21)-c1cc2c(cc1C3)C(C)(C)C=C2C(C)(C)C.C[C](C)=[Zr+2].Cc1c[cH-]c(C)c1.[Cl-].[Cl-]. The standard InChI is InChI=1S/C31H37.C7H9.C3H6.2ClH.Zr/c1-28(2,3)26-16-30(7,8)24-12-18-11-19-13-25-23(15-21(19)20(18)14-22(24)26)27(29(4,5)6)17-31(25,9)10;1-6-3-4-7(2)5-6;1-3-2;;;/h12-16H,11H2,1-10H3;3-5H,1-2H3;1-2H3;2*1H;/q2*-1;;;;+2/p-2. The fraction of sp³-hybridized carbons (Fsp3) is 0.463. The molecule has 3 aliphatic carbocycles. The minimum Gasteiger partial charge on any atom is -1.00 e. The molecule has 44 heavy (non-hydrogen) atoms. The Hall–Kier alpha value is -1.40. The van der Waals surface area contributed by atoms with Crippen LogP contribution in [-0.4, -0.2) is 3.21 Å². The van der Waals surface area contributed by atoms with E-state index in [1.165, 1.54) is 70.0 Å². The maximum Gasteiger partial charge on any atom is -0.0635 e. The Bertz CT molecular complexity index is 1490. The van der Waals surface area contributed by atoms with Gasteiger partial charge in [-0.15, -0.1) is 11.6 Å². The summed E-state index contributed by atoms with van der Waals surface area (Å²) in [5, 5.41) is 0. The Morgan fingerprint density at radius 2 is 1.25 bits per heavy atom. The van der Waals surface area contributed by atoms with E-state index in [4.69, 9.17) is 0 Å². The molecule has 0 saturated carbocycles. The predicted molar refractivity (Wildman–Crippen MR) is 182 cm³/mol. The first-order valence-corrected chi connectivity index (χ1v) is 16.8. The van der Waals surface area contributed by atoms with Gasteiger partial charge in [-0.05, 0) is 62.3 Å². The van der Waals surface area contributed by atoms with Crippen LogP contribution in [-0.2, 0) is 41.5 Å². The molecule has 0 aliphatic heterocycles. The second-order valence-corrected chi connectivity index (χ2v) is 18.6. The third kappa shape index (κ3) is 7.93. The van der Waals surface area contributed by atoms with Gasteiger partial charge in [-0.1, -0.05) is 107 Å². The van der Waals surface area contributed by atoms with Gasteiger partial charge in [-0.2, -0.15) is 23.3 Å². The second kappa shape index (κ2) is 13.4. The minimum atomic E-state index is -0.0202. The molecule has 3 aromatic rings. The van der Waals surface area contributed by atoms with E-state index in [0.29, 0.717) is 0 Å². The first-order valence-electron chi connectivity index (χ1n) is 15.6. The molecule has 6 rings (SSSR count). The zero-order valence-electron chi connectivity index (χ0n) is 29.6. The average Bonchev–Trinajstić information content (AvgIpc) is 3.53. The summed E-state index contributed by atoms with van der Waals surface area (Å²) in [6, 6.07) is 16.4. The van der Waals surface area contributed by atoms with Crippen LogP contribution in [0.4, 0.5) is 0 Å². The summed E-state index contributed by atoms with van der Waals surface area (Å²) in [5.74, 6) is 0. The van der Waals surface area contributed by atoms with Crippen LogP contribution in [0, 0.1) is 30.8 Å². The van der Waals surface area contributed by atoms with Crippen molar-refractivity contribution in [2.45, 2.75) is 114 Å². The summed E-state index contributed by atoms with van der Waals surface area (Å²) in [7, 11) is 0. The molecule has 236 valence electrons. The Balaban J connectivity index is 0.000000443. The van der Waals surface area contributed by atoms with Crippen LogP contribution in [0.5, 0.6) is 0 Å². The van der Waals surface area contributed by atoms with Gasteiger partial charge in [-0.3, -0.25) is 6.08 Å². The van der Waals surface area contributed by atoms with Gasteiger partial charge < -0.3 is 24.8 Å². The van der Waals surface area contributed by atoms with Gasteiger partial charge in [0.1, 0.15) is 0 Å². The van der Waals surface area contributed by atoms with Crippen LogP contribution in [0.3, 0.4) is 0 Å². The van der Waals surface area contributed by atoms with Crippen molar-refractivity contribution in [3.05, 3.63) is 99.1 Å². The summed E-state index contributed by atoms with van der Waals surface area (Å²) in [6.07, 6.45) is 7.41. The zero-order chi connectivity index (χ0) is 31.6. The van der Waals surface area contributed by atoms with Crippen LogP contribution in [0.25, 0.3) is 22.3 Å². The normalized spacial score (nSPS) is 16.3. The molecule has 3 aromatic carbocycles. The Morgan fingerprint density at radius 3 is 1.66 bits per heavy atom. The van der Waals surface area contributed by atoms with Crippen molar-refractivity contribution in [1.29, 1.82) is 0 Å². The van der Waals surface area contributed by atoms with Gasteiger partial charge in [0, 0.05) is 5.41 Å². The number of aryl methyl sites for hydroxylation is 2. The molecule has 0 heterocycles. The zero-order valence-corrected chi connectivity index (χ0v) is 33.6. The van der Waals surface area contributed by atoms with Gasteiger partial charge in [0.25, 0.3) is 0 Å². The van der Waals surface area contributed by atoms with Crippen molar-refractivity contribution in [1.82, 2.24) is 0 Å². The molecule has 0 amide bonds. The molecule has 0 bridgehead atoms. The monoisotopic (exact) mass is 704 g/mol. The molecule has 0 atom stereocenters. The molecule has 3 heteroatoms. The number of hydrogen-bond donors (Lipinski definition) is 0. The van der Waals surface area contributed by atoms with Crippen molar-refractivity contribution in [2.75, 3.05) is 0 Å². The number of hydrogen-bond acceptors (Lipinski definition) is 0.